The number of pyridine rings is 2. The zero-order valence-electron chi connectivity index (χ0n) is 24.9. The minimum absolute atomic E-state index is 0.417. The van der Waals surface area contributed by atoms with E-state index in [1.54, 1.807) is 0 Å². The van der Waals surface area contributed by atoms with Crippen molar-refractivity contribution in [2.45, 2.75) is 5.41 Å². The van der Waals surface area contributed by atoms with Gasteiger partial charge in [0.15, 0.2) is 0 Å². The maximum atomic E-state index is 5.08. The third-order valence-corrected chi connectivity index (χ3v) is 9.94. The van der Waals surface area contributed by atoms with Gasteiger partial charge < -0.3 is 0 Å². The third-order valence-electron chi connectivity index (χ3n) is 9.94. The van der Waals surface area contributed by atoms with Gasteiger partial charge in [-0.3, -0.25) is 4.57 Å². The number of fused-ring (bicyclic) bond motifs is 12. The van der Waals surface area contributed by atoms with Crippen molar-refractivity contribution in [1.82, 2.24) is 14.5 Å². The second-order valence-corrected chi connectivity index (χ2v) is 12.2. The molecule has 214 valence electrons. The quantitative estimate of drug-likeness (QED) is 0.202. The van der Waals surface area contributed by atoms with Gasteiger partial charge in [-0.25, -0.2) is 9.97 Å². The number of nitrogens with zero attached hydrogens (tertiary/aromatic N) is 3. The van der Waals surface area contributed by atoms with E-state index in [4.69, 9.17) is 4.98 Å². The molecule has 0 N–H and O–H groups in total. The van der Waals surface area contributed by atoms with E-state index in [0.717, 1.165) is 33.5 Å². The molecule has 0 unspecified atom stereocenters. The van der Waals surface area contributed by atoms with Gasteiger partial charge in [-0.1, -0.05) is 121 Å². The number of para-hydroxylation sites is 1. The van der Waals surface area contributed by atoms with Crippen LogP contribution in [0.15, 0.2) is 152 Å². The van der Waals surface area contributed by atoms with Crippen LogP contribution in [0.3, 0.4) is 0 Å². The van der Waals surface area contributed by atoms with Crippen LogP contribution >= 0.6 is 0 Å². The number of hydrogen-bond acceptors (Lipinski definition) is 2. The summed E-state index contributed by atoms with van der Waals surface area (Å²) in [4.78, 5) is 9.74. The molecule has 0 aliphatic heterocycles. The first-order valence-electron chi connectivity index (χ1n) is 15.7. The fourth-order valence-electron chi connectivity index (χ4n) is 8.06. The van der Waals surface area contributed by atoms with Crippen LogP contribution in [0.25, 0.3) is 62.2 Å². The van der Waals surface area contributed by atoms with Crippen molar-refractivity contribution in [1.29, 1.82) is 0 Å². The lowest BCUT2D eigenvalue weighted by Gasteiger charge is -2.35. The van der Waals surface area contributed by atoms with Gasteiger partial charge in [-0.15, -0.1) is 0 Å². The summed E-state index contributed by atoms with van der Waals surface area (Å²) >= 11 is 0. The molecule has 5 aromatic carbocycles. The van der Waals surface area contributed by atoms with E-state index in [1.807, 2.05) is 30.6 Å². The molecule has 2 aliphatic carbocycles. The molecule has 0 atom stereocenters. The summed E-state index contributed by atoms with van der Waals surface area (Å²) in [6.45, 7) is 0. The highest BCUT2D eigenvalue weighted by Crippen LogP contribution is 2.58. The van der Waals surface area contributed by atoms with Crippen molar-refractivity contribution >= 4 is 34.1 Å². The van der Waals surface area contributed by atoms with E-state index in [1.165, 1.54) is 49.9 Å². The second kappa shape index (κ2) is 9.47. The summed E-state index contributed by atoms with van der Waals surface area (Å²) in [5, 5.41) is 2.29. The van der Waals surface area contributed by atoms with Crippen molar-refractivity contribution < 1.29 is 0 Å². The predicted molar refractivity (Wildman–Crippen MR) is 188 cm³/mol. The lowest BCUT2D eigenvalue weighted by atomic mass is 9.66. The van der Waals surface area contributed by atoms with Crippen molar-refractivity contribution in [2.75, 3.05) is 0 Å². The monoisotopic (exact) mass is 585 g/mol. The summed E-state index contributed by atoms with van der Waals surface area (Å²) in [6.07, 6.45) is 8.40. The molecule has 3 aromatic heterocycles. The van der Waals surface area contributed by atoms with E-state index in [-0.39, 0.29) is 0 Å². The highest BCUT2D eigenvalue weighted by molar-refractivity contribution is 6.09. The van der Waals surface area contributed by atoms with Gasteiger partial charge in [-0.05, 0) is 80.4 Å². The molecular formula is C43H27N3. The SMILES string of the molecule is C1=Cc2ccccc2C2(c3ccccc31)c1ccccc1-c1cc(-c3cnc4c(c3)c3ccccc3n4-c3ccccn3)ccc12. The lowest BCUT2D eigenvalue weighted by Crippen LogP contribution is -2.29. The topological polar surface area (TPSA) is 30.7 Å². The molecule has 0 amide bonds. The van der Waals surface area contributed by atoms with Gasteiger partial charge in [0.2, 0.25) is 0 Å². The molecule has 3 nitrogen and oxygen atoms in total. The first kappa shape index (κ1) is 25.3. The van der Waals surface area contributed by atoms with Gasteiger partial charge in [0.25, 0.3) is 0 Å². The molecule has 46 heavy (non-hydrogen) atoms. The molecule has 8 aromatic rings. The molecule has 3 heterocycles. The Hall–Kier alpha value is -6.06. The highest BCUT2D eigenvalue weighted by Gasteiger charge is 2.48. The standard InChI is InChI=1S/C43H27N3/c1-5-15-36-28(11-1)20-21-29-12-2-6-16-37(29)43(36)38-17-7-3-13-32(38)34-25-30(22-23-39(34)43)31-26-35-33-14-4-8-18-40(33)46(42(35)45-27-31)41-19-9-10-24-44-41/h1-27H. The van der Waals surface area contributed by atoms with E-state index < -0.39 is 5.41 Å². The first-order valence-corrected chi connectivity index (χ1v) is 15.7. The fourth-order valence-corrected chi connectivity index (χ4v) is 8.06. The van der Waals surface area contributed by atoms with E-state index in [2.05, 4.69) is 143 Å². The summed E-state index contributed by atoms with van der Waals surface area (Å²) in [5.74, 6) is 0.867. The predicted octanol–water partition coefficient (Wildman–Crippen LogP) is 10.1. The lowest BCUT2D eigenvalue weighted by molar-refractivity contribution is 0.766. The molecule has 10 rings (SSSR count). The summed E-state index contributed by atoms with van der Waals surface area (Å²) < 4.78 is 2.16. The second-order valence-electron chi connectivity index (χ2n) is 12.2. The van der Waals surface area contributed by atoms with Gasteiger partial charge in [0, 0.05) is 28.7 Å². The van der Waals surface area contributed by atoms with Crippen LogP contribution in [0.4, 0.5) is 0 Å². The summed E-state index contributed by atoms with van der Waals surface area (Å²) in [5.41, 5.74) is 14.2. The maximum Gasteiger partial charge on any atom is 0.146 e. The molecule has 3 heteroatoms. The molecular weight excluding hydrogens is 558 g/mol. The Balaban J connectivity index is 1.22. The number of aromatic nitrogens is 3. The Morgan fingerprint density at radius 1 is 0.478 bits per heavy atom. The summed E-state index contributed by atoms with van der Waals surface area (Å²) in [6, 6.07) is 50.6. The van der Waals surface area contributed by atoms with Gasteiger partial charge >= 0.3 is 0 Å². The van der Waals surface area contributed by atoms with Crippen LogP contribution in [0.5, 0.6) is 0 Å². The highest BCUT2D eigenvalue weighted by atomic mass is 15.1. The minimum atomic E-state index is -0.417. The number of hydrogen-bond donors (Lipinski definition) is 0. The largest absolute Gasteiger partial charge is 0.278 e. The smallest absolute Gasteiger partial charge is 0.146 e. The zero-order chi connectivity index (χ0) is 30.2. The van der Waals surface area contributed by atoms with Crippen molar-refractivity contribution in [3.63, 3.8) is 0 Å². The molecule has 0 saturated heterocycles. The number of benzene rings is 5. The molecule has 1 spiro atoms. The molecule has 0 fully saturated rings. The molecule has 0 saturated carbocycles. The average molecular weight is 586 g/mol. The van der Waals surface area contributed by atoms with Crippen molar-refractivity contribution in [3.05, 3.63) is 185 Å². The Morgan fingerprint density at radius 2 is 1.15 bits per heavy atom. The van der Waals surface area contributed by atoms with Gasteiger partial charge in [-0.2, -0.15) is 0 Å². The molecule has 0 bridgehead atoms. The van der Waals surface area contributed by atoms with E-state index in [0.29, 0.717) is 0 Å². The van der Waals surface area contributed by atoms with Crippen LogP contribution in [0, 0.1) is 0 Å². The van der Waals surface area contributed by atoms with Crippen molar-refractivity contribution in [3.8, 4) is 28.1 Å². The summed E-state index contributed by atoms with van der Waals surface area (Å²) in [7, 11) is 0. The number of rotatable bonds is 2. The Labute approximate surface area is 266 Å². The normalized spacial score (nSPS) is 13.7. The first-order chi connectivity index (χ1) is 22.8. The van der Waals surface area contributed by atoms with Crippen LogP contribution in [0.1, 0.15) is 33.4 Å². The zero-order valence-corrected chi connectivity index (χ0v) is 24.9. The van der Waals surface area contributed by atoms with Crippen LogP contribution in [-0.2, 0) is 5.41 Å². The molecule has 0 radical (unpaired) electrons. The van der Waals surface area contributed by atoms with Crippen LogP contribution < -0.4 is 0 Å². The Morgan fingerprint density at radius 3 is 1.93 bits per heavy atom. The van der Waals surface area contributed by atoms with Crippen LogP contribution in [-0.4, -0.2) is 14.5 Å². The van der Waals surface area contributed by atoms with E-state index in [9.17, 15) is 0 Å². The fraction of sp³-hybridized carbons (Fsp3) is 0.0233. The Kier molecular flexibility index (Phi) is 5.20. The Bertz CT molecular complexity index is 2490. The third kappa shape index (κ3) is 3.32. The maximum absolute atomic E-state index is 5.08. The minimum Gasteiger partial charge on any atom is -0.278 e. The van der Waals surface area contributed by atoms with Crippen molar-refractivity contribution in [2.24, 2.45) is 0 Å². The van der Waals surface area contributed by atoms with E-state index >= 15 is 0 Å². The van der Waals surface area contributed by atoms with Gasteiger partial charge in [0.1, 0.15) is 11.5 Å². The van der Waals surface area contributed by atoms with Gasteiger partial charge in [0.05, 0.1) is 10.9 Å². The average Bonchev–Trinajstić information content (AvgIpc) is 3.55. The van der Waals surface area contributed by atoms with Crippen LogP contribution in [0.2, 0.25) is 0 Å². The molecule has 2 aliphatic rings.